The number of aromatic nitrogens is 3. The van der Waals surface area contributed by atoms with Gasteiger partial charge in [0.25, 0.3) is 21.8 Å². The van der Waals surface area contributed by atoms with Crippen LogP contribution in [0.4, 0.5) is 20.8 Å². The third kappa shape index (κ3) is 13.0. The molecule has 3 heterocycles. The average Bonchev–Trinajstić information content (AvgIpc) is 3.73. The number of carboxylic acids is 2. The van der Waals surface area contributed by atoms with E-state index >= 15 is 0 Å². The molecule has 312 valence electrons. The van der Waals surface area contributed by atoms with Crippen molar-refractivity contribution in [2.75, 3.05) is 30.2 Å². The minimum atomic E-state index is -4.37. The molecule has 1 unspecified atom stereocenters. The van der Waals surface area contributed by atoms with Crippen molar-refractivity contribution < 1.29 is 70.8 Å². The van der Waals surface area contributed by atoms with Gasteiger partial charge in [0.05, 0.1) is 30.7 Å². The first-order valence-corrected chi connectivity index (χ1v) is 20.7. The maximum Gasteiger partial charge on any atom is 0.347 e. The van der Waals surface area contributed by atoms with Crippen LogP contribution < -0.4 is 29.7 Å². The number of halogens is 2. The molecule has 2 aromatic heterocycles. The number of benzene rings is 1. The topological polar surface area (TPSA) is 314 Å². The van der Waals surface area contributed by atoms with E-state index < -0.39 is 81.9 Å². The molecule has 0 saturated heterocycles. The number of aliphatic carboxylic acids is 1. The second-order valence-corrected chi connectivity index (χ2v) is 16.2. The molecule has 58 heavy (non-hydrogen) atoms. The number of carboxylic acid groups (broad SMARTS) is 2. The van der Waals surface area contributed by atoms with Gasteiger partial charge in [-0.2, -0.15) is 15.0 Å². The molecule has 0 bridgehead atoms. The fraction of sp³-hybridized carbons (Fsp3) is 0.312. The third-order valence-electron chi connectivity index (χ3n) is 7.24. The van der Waals surface area contributed by atoms with Crippen molar-refractivity contribution in [3.05, 3.63) is 56.3 Å². The summed E-state index contributed by atoms with van der Waals surface area (Å²) >= 11 is 6.69. The lowest BCUT2D eigenvalue weighted by Gasteiger charge is -2.19. The summed E-state index contributed by atoms with van der Waals surface area (Å²) in [5, 5.41) is 22.4. The fourth-order valence-corrected chi connectivity index (χ4v) is 7.61. The van der Waals surface area contributed by atoms with Crippen LogP contribution in [0, 0.1) is 25.1 Å². The Hall–Kier alpha value is -5.54. The summed E-state index contributed by atoms with van der Waals surface area (Å²) in [5.74, 6) is -1.74. The Labute approximate surface area is 337 Å². The van der Waals surface area contributed by atoms with E-state index in [2.05, 4.69) is 31.5 Å². The number of nitrogens with one attached hydrogen (secondary N) is 3. The maximum atomic E-state index is 14.4. The Balaban J connectivity index is 0.000000253. The molecule has 7 N–H and O–H groups in total. The van der Waals surface area contributed by atoms with E-state index in [9.17, 15) is 41.3 Å². The highest BCUT2D eigenvalue weighted by Crippen LogP contribution is 2.40. The molecule has 0 spiro atoms. The van der Waals surface area contributed by atoms with Crippen LogP contribution in [-0.4, -0.2) is 99.2 Å². The van der Waals surface area contributed by atoms with Gasteiger partial charge in [0.15, 0.2) is 6.10 Å². The Kier molecular flexibility index (Phi) is 16.3. The maximum absolute atomic E-state index is 14.4. The van der Waals surface area contributed by atoms with E-state index in [1.807, 2.05) is 0 Å². The van der Waals surface area contributed by atoms with Crippen molar-refractivity contribution in [1.82, 2.24) is 25.0 Å². The van der Waals surface area contributed by atoms with Gasteiger partial charge < -0.3 is 29.5 Å². The number of thiophene rings is 1. The average molecular weight is 890 g/mol. The number of hydrogen-bond donors (Lipinski definition) is 7. The standard InChI is InChI=1S/C18H15ClFNO3.C11H11N5O6S2.C3H8NO5P/c1-3-10(2)24-16-9-15(14(20)8-13(16)19)21-17(22)11-6-4-5-7-12(11)18(21)23;1-5-12-9(15-11(13-5)22-2)14-10(19)16-24(20,21)6-3-4-23-7(6)8(17)18;5-3(6)1-4-2-10(7,8)9/h1,8-10H,4-7H2,2H3;3-4H,1-2H3,(H,17,18)(H2,12,13,14,15,16,19);4H,1-2H2,(H,5,6)(H2,7,8,9). The molecule has 0 radical (unpaired) electrons. The summed E-state index contributed by atoms with van der Waals surface area (Å²) in [6.07, 6.45) is 6.87. The number of carbonyl (C=O) groups is 5. The van der Waals surface area contributed by atoms with Crippen LogP contribution in [0.1, 0.15) is 48.1 Å². The van der Waals surface area contributed by atoms with Gasteiger partial charge in [-0.25, -0.2) is 32.0 Å². The number of amides is 4. The third-order valence-corrected chi connectivity index (χ3v) is 10.6. The van der Waals surface area contributed by atoms with E-state index in [0.717, 1.165) is 41.2 Å². The number of hydrogen-bond acceptors (Lipinski definition) is 15. The SMILES string of the molecule is C#CC(C)Oc1cc(N2C(=O)C3=C(CCCC3)C2=O)c(F)cc1Cl.COc1nc(C)nc(NC(=O)NS(=O)(=O)c2ccsc2C(=O)O)n1.O=C(O)CNCP(=O)(O)O. The van der Waals surface area contributed by atoms with Crippen LogP contribution in [0.15, 0.2) is 39.6 Å². The Morgan fingerprint density at radius 1 is 1.12 bits per heavy atom. The van der Waals surface area contributed by atoms with Crippen LogP contribution in [0.3, 0.4) is 0 Å². The zero-order valence-corrected chi connectivity index (χ0v) is 33.7. The lowest BCUT2D eigenvalue weighted by atomic mass is 9.93. The molecule has 26 heteroatoms. The number of methoxy groups -OCH3 is 1. The minimum absolute atomic E-state index is 0.0233. The van der Waals surface area contributed by atoms with Gasteiger partial charge in [0, 0.05) is 17.2 Å². The number of rotatable bonds is 12. The van der Waals surface area contributed by atoms with Crippen molar-refractivity contribution in [1.29, 1.82) is 0 Å². The highest BCUT2D eigenvalue weighted by Gasteiger charge is 2.41. The van der Waals surface area contributed by atoms with Gasteiger partial charge in [0.1, 0.15) is 27.2 Å². The van der Waals surface area contributed by atoms with Crippen molar-refractivity contribution >= 4 is 82.0 Å². The van der Waals surface area contributed by atoms with E-state index in [1.54, 1.807) is 11.6 Å². The van der Waals surface area contributed by atoms with Gasteiger partial charge in [-0.05, 0) is 57.0 Å². The summed E-state index contributed by atoms with van der Waals surface area (Å²) < 4.78 is 60.6. The zero-order valence-electron chi connectivity index (χ0n) is 30.4. The number of terminal acetylenes is 1. The van der Waals surface area contributed by atoms with Crippen molar-refractivity contribution in [3.63, 3.8) is 0 Å². The zero-order chi connectivity index (χ0) is 43.5. The highest BCUT2D eigenvalue weighted by molar-refractivity contribution is 7.90. The van der Waals surface area contributed by atoms with E-state index in [0.29, 0.717) is 24.0 Å². The van der Waals surface area contributed by atoms with Gasteiger partial charge in [-0.1, -0.05) is 17.5 Å². The van der Waals surface area contributed by atoms with Crippen LogP contribution >= 0.6 is 30.5 Å². The van der Waals surface area contributed by atoms with Gasteiger partial charge in [-0.15, -0.1) is 17.8 Å². The summed E-state index contributed by atoms with van der Waals surface area (Å²) in [5.41, 5.74) is 0.808. The van der Waals surface area contributed by atoms with Crippen molar-refractivity contribution in [3.8, 4) is 24.1 Å². The van der Waals surface area contributed by atoms with E-state index in [4.69, 9.17) is 47.5 Å². The predicted molar refractivity (Wildman–Crippen MR) is 203 cm³/mol. The normalized spacial score (nSPS) is 14.1. The number of imide groups is 1. The molecule has 4 amide bonds. The van der Waals surface area contributed by atoms with Crippen LogP contribution in [0.25, 0.3) is 0 Å². The number of urea groups is 1. The van der Waals surface area contributed by atoms with Crippen LogP contribution in [0.5, 0.6) is 11.8 Å². The van der Waals surface area contributed by atoms with Crippen LogP contribution in [0.2, 0.25) is 5.02 Å². The van der Waals surface area contributed by atoms with E-state index in [1.165, 1.54) is 25.5 Å². The number of aromatic carboxylic acids is 1. The van der Waals surface area contributed by atoms with Gasteiger partial charge in [0.2, 0.25) is 5.95 Å². The summed E-state index contributed by atoms with van der Waals surface area (Å²) in [7, 11) is -7.16. The lowest BCUT2D eigenvalue weighted by Crippen LogP contribution is -2.35. The molecule has 1 aliphatic carbocycles. The number of anilines is 2. The largest absolute Gasteiger partial charge is 0.480 e. The smallest absolute Gasteiger partial charge is 0.347 e. The number of aryl methyl sites for hydroxylation is 1. The molecule has 1 aliphatic heterocycles. The Morgan fingerprint density at radius 3 is 2.28 bits per heavy atom. The molecular weight excluding hydrogens is 856 g/mol. The summed E-state index contributed by atoms with van der Waals surface area (Å²) in [4.78, 5) is 85.3. The first kappa shape index (κ1) is 46.8. The number of carbonyl (C=O) groups excluding carboxylic acids is 3. The molecule has 1 atom stereocenters. The molecule has 0 saturated carbocycles. The predicted octanol–water partition coefficient (Wildman–Crippen LogP) is 2.88. The van der Waals surface area contributed by atoms with Crippen molar-refractivity contribution in [2.24, 2.45) is 0 Å². The Bertz CT molecular complexity index is 2300. The number of sulfonamides is 1. The van der Waals surface area contributed by atoms with Crippen molar-refractivity contribution in [2.45, 2.75) is 50.5 Å². The quantitative estimate of drug-likeness (QED) is 0.0781. The van der Waals surface area contributed by atoms with Crippen LogP contribution in [-0.2, 0) is 29.0 Å². The molecule has 3 aromatic rings. The summed E-state index contributed by atoms with van der Waals surface area (Å²) in [6.45, 7) is 2.71. The van der Waals surface area contributed by atoms with Gasteiger partial charge in [-0.3, -0.25) is 29.6 Å². The molecule has 2 aliphatic rings. The number of ether oxygens (including phenoxy) is 2. The second kappa shape index (κ2) is 20.2. The minimum Gasteiger partial charge on any atom is -0.480 e. The first-order chi connectivity index (χ1) is 27.1. The first-order valence-electron chi connectivity index (χ1n) is 16.2. The second-order valence-electron chi connectivity index (χ2n) is 11.6. The summed E-state index contributed by atoms with van der Waals surface area (Å²) in [6, 6.07) is 2.13. The van der Waals surface area contributed by atoms with Gasteiger partial charge >= 0.3 is 31.6 Å². The van der Waals surface area contributed by atoms with E-state index in [-0.39, 0.29) is 34.2 Å². The highest BCUT2D eigenvalue weighted by atomic mass is 35.5. The Morgan fingerprint density at radius 2 is 1.74 bits per heavy atom. The molecule has 5 rings (SSSR count). The molecule has 21 nitrogen and oxygen atoms in total. The molecule has 0 fully saturated rings. The fourth-order valence-electron chi connectivity index (χ4n) is 4.84. The molecular formula is C32H34ClFN7O14PS2. The lowest BCUT2D eigenvalue weighted by molar-refractivity contribution is -0.136. The monoisotopic (exact) mass is 889 g/mol. The molecule has 1 aromatic carbocycles. The number of nitrogens with zero attached hydrogens (tertiary/aromatic N) is 4.